The quantitative estimate of drug-likeness (QED) is 0.849. The average Bonchev–Trinajstić information content (AvgIpc) is 2.98. The van der Waals surface area contributed by atoms with E-state index in [1.54, 1.807) is 12.1 Å². The molecule has 7 heteroatoms. The fourth-order valence-corrected chi connectivity index (χ4v) is 3.08. The molecule has 0 amide bonds. The maximum absolute atomic E-state index is 13.1. The number of likely N-dealkylation sites (N-methyl/N-ethyl adjacent to an activating group) is 1. The number of nitrogens with zero attached hydrogens (tertiary/aromatic N) is 3. The molecule has 0 atom stereocenters. The summed E-state index contributed by atoms with van der Waals surface area (Å²) >= 11 is 0. The third-order valence-corrected chi connectivity index (χ3v) is 4.44. The van der Waals surface area contributed by atoms with Gasteiger partial charge in [-0.25, -0.2) is 9.37 Å². The minimum Gasteiger partial charge on any atom is -0.333 e. The number of benzene rings is 1. The molecule has 3 rings (SSSR count). The van der Waals surface area contributed by atoms with E-state index in [4.69, 9.17) is 4.98 Å². The monoisotopic (exact) mass is 388 g/mol. The number of nitrogens with one attached hydrogen (secondary N) is 1. The van der Waals surface area contributed by atoms with E-state index in [-0.39, 0.29) is 30.6 Å². The van der Waals surface area contributed by atoms with E-state index < -0.39 is 0 Å². The third-order valence-electron chi connectivity index (χ3n) is 4.44. The van der Waals surface area contributed by atoms with Gasteiger partial charge in [-0.05, 0) is 64.3 Å². The predicted octanol–water partition coefficient (Wildman–Crippen LogP) is 3.56. The van der Waals surface area contributed by atoms with Crippen molar-refractivity contribution in [3.05, 3.63) is 42.1 Å². The van der Waals surface area contributed by atoms with Crippen LogP contribution in [0.15, 0.2) is 30.5 Å². The number of hydrogen-bond acceptors (Lipinski definition) is 3. The van der Waals surface area contributed by atoms with Crippen LogP contribution < -0.4 is 5.32 Å². The van der Waals surface area contributed by atoms with Gasteiger partial charge in [0, 0.05) is 30.8 Å². The highest BCUT2D eigenvalue weighted by atomic mass is 35.5. The second-order valence-corrected chi connectivity index (χ2v) is 6.51. The lowest BCUT2D eigenvalue weighted by Gasteiger charge is -2.23. The highest BCUT2D eigenvalue weighted by molar-refractivity contribution is 5.85. The molecular weight excluding hydrogens is 362 g/mol. The number of hydrogen-bond donors (Lipinski definition) is 1. The Hall–Kier alpha value is -1.14. The van der Waals surface area contributed by atoms with Gasteiger partial charge in [0.15, 0.2) is 0 Å². The van der Waals surface area contributed by atoms with Crippen LogP contribution in [0.5, 0.6) is 0 Å². The van der Waals surface area contributed by atoms with Gasteiger partial charge in [0.05, 0.1) is 5.69 Å². The van der Waals surface area contributed by atoms with Gasteiger partial charge in [0.25, 0.3) is 0 Å². The van der Waals surface area contributed by atoms with Gasteiger partial charge < -0.3 is 14.8 Å². The van der Waals surface area contributed by atoms with Gasteiger partial charge >= 0.3 is 0 Å². The Morgan fingerprint density at radius 3 is 2.40 bits per heavy atom. The van der Waals surface area contributed by atoms with Gasteiger partial charge in [0.1, 0.15) is 11.6 Å². The lowest BCUT2D eigenvalue weighted by molar-refractivity contribution is 0.369. The van der Waals surface area contributed by atoms with Crippen LogP contribution in [0, 0.1) is 5.82 Å². The average molecular weight is 389 g/mol. The fourth-order valence-electron chi connectivity index (χ4n) is 3.08. The van der Waals surface area contributed by atoms with Crippen LogP contribution in [0.2, 0.25) is 0 Å². The molecule has 1 aromatic carbocycles. The van der Waals surface area contributed by atoms with Gasteiger partial charge in [0.2, 0.25) is 0 Å². The molecule has 1 aliphatic rings. The van der Waals surface area contributed by atoms with Gasteiger partial charge in [-0.15, -0.1) is 24.8 Å². The normalized spacial score (nSPS) is 14.9. The van der Waals surface area contributed by atoms with E-state index in [0.29, 0.717) is 5.92 Å². The molecule has 1 aliphatic heterocycles. The molecule has 0 bridgehead atoms. The highest BCUT2D eigenvalue weighted by Crippen LogP contribution is 2.28. The molecule has 25 heavy (non-hydrogen) atoms. The molecule has 1 N–H and O–H groups in total. The molecular formula is C18H27Cl2FN4. The lowest BCUT2D eigenvalue weighted by Crippen LogP contribution is -2.28. The Balaban J connectivity index is 0.00000156. The summed E-state index contributed by atoms with van der Waals surface area (Å²) in [5, 5.41) is 3.41. The van der Waals surface area contributed by atoms with Crippen LogP contribution in [0.4, 0.5) is 4.39 Å². The minimum atomic E-state index is -0.209. The van der Waals surface area contributed by atoms with Crippen LogP contribution >= 0.6 is 24.8 Å². The molecule has 0 aliphatic carbocycles. The summed E-state index contributed by atoms with van der Waals surface area (Å²) in [6.07, 6.45) is 4.37. The largest absolute Gasteiger partial charge is 0.333 e. The molecule has 0 spiro atoms. The van der Waals surface area contributed by atoms with Crippen molar-refractivity contribution in [2.75, 3.05) is 33.7 Å². The summed E-state index contributed by atoms with van der Waals surface area (Å²) in [6.45, 7) is 4.02. The van der Waals surface area contributed by atoms with Gasteiger partial charge in [-0.3, -0.25) is 0 Å². The number of piperidine rings is 1. The SMILES string of the molecule is CN(C)CCn1cc(-c2ccc(F)cc2)nc1C1CCNCC1.Cl.Cl. The Kier molecular flexibility index (Phi) is 8.86. The molecule has 2 heterocycles. The molecule has 0 radical (unpaired) electrons. The maximum atomic E-state index is 13.1. The number of imidazole rings is 1. The van der Waals surface area contributed by atoms with E-state index in [9.17, 15) is 4.39 Å². The first kappa shape index (κ1) is 21.9. The van der Waals surface area contributed by atoms with Crippen molar-refractivity contribution in [2.45, 2.75) is 25.3 Å². The van der Waals surface area contributed by atoms with Crippen LogP contribution in [0.3, 0.4) is 0 Å². The molecule has 4 nitrogen and oxygen atoms in total. The smallest absolute Gasteiger partial charge is 0.123 e. The summed E-state index contributed by atoms with van der Waals surface area (Å²) < 4.78 is 15.4. The molecule has 2 aromatic rings. The van der Waals surface area contributed by atoms with Gasteiger partial charge in [-0.1, -0.05) is 0 Å². The summed E-state index contributed by atoms with van der Waals surface area (Å²) in [7, 11) is 4.17. The van der Waals surface area contributed by atoms with Gasteiger partial charge in [-0.2, -0.15) is 0 Å². The van der Waals surface area contributed by atoms with Crippen molar-refractivity contribution >= 4 is 24.8 Å². The van der Waals surface area contributed by atoms with Crippen LogP contribution in [0.25, 0.3) is 11.3 Å². The number of halogens is 3. The first-order valence-corrected chi connectivity index (χ1v) is 8.32. The van der Waals surface area contributed by atoms with Crippen LogP contribution in [0.1, 0.15) is 24.6 Å². The zero-order valence-corrected chi connectivity index (χ0v) is 16.4. The van der Waals surface area contributed by atoms with Crippen LogP contribution in [-0.2, 0) is 6.54 Å². The van der Waals surface area contributed by atoms with E-state index in [2.05, 4.69) is 35.1 Å². The predicted molar refractivity (Wildman–Crippen MR) is 106 cm³/mol. The molecule has 1 aromatic heterocycles. The van der Waals surface area contributed by atoms with Crippen molar-refractivity contribution in [3.63, 3.8) is 0 Å². The summed E-state index contributed by atoms with van der Waals surface area (Å²) in [6, 6.07) is 6.61. The molecule has 0 saturated carbocycles. The standard InChI is InChI=1S/C18H25FN4.2ClH/c1-22(2)11-12-23-13-17(14-3-5-16(19)6-4-14)21-18(23)15-7-9-20-10-8-15;;/h3-6,13,15,20H,7-12H2,1-2H3;2*1H. The van der Waals surface area contributed by atoms with Crippen molar-refractivity contribution in [3.8, 4) is 11.3 Å². The second-order valence-electron chi connectivity index (χ2n) is 6.51. The fraction of sp³-hybridized carbons (Fsp3) is 0.500. The highest BCUT2D eigenvalue weighted by Gasteiger charge is 2.21. The topological polar surface area (TPSA) is 33.1 Å². The summed E-state index contributed by atoms with van der Waals surface area (Å²) in [4.78, 5) is 7.09. The summed E-state index contributed by atoms with van der Waals surface area (Å²) in [5.74, 6) is 1.47. The first-order chi connectivity index (χ1) is 11.1. The molecule has 0 unspecified atom stereocenters. The van der Waals surface area contributed by atoms with Crippen LogP contribution in [-0.4, -0.2) is 48.2 Å². The van der Waals surface area contributed by atoms with E-state index in [1.165, 1.54) is 18.0 Å². The summed E-state index contributed by atoms with van der Waals surface area (Å²) in [5.41, 5.74) is 1.92. The minimum absolute atomic E-state index is 0. The van der Waals surface area contributed by atoms with E-state index in [0.717, 1.165) is 50.3 Å². The lowest BCUT2D eigenvalue weighted by atomic mass is 9.97. The number of aromatic nitrogens is 2. The zero-order valence-electron chi connectivity index (χ0n) is 14.7. The third kappa shape index (κ3) is 5.68. The molecule has 1 saturated heterocycles. The van der Waals surface area contributed by atoms with Crippen molar-refractivity contribution in [2.24, 2.45) is 0 Å². The Bertz CT molecular complexity index is 637. The Morgan fingerprint density at radius 2 is 1.80 bits per heavy atom. The second kappa shape index (κ2) is 10.1. The zero-order chi connectivity index (χ0) is 16.2. The molecule has 1 fully saturated rings. The first-order valence-electron chi connectivity index (χ1n) is 8.32. The van der Waals surface area contributed by atoms with E-state index in [1.807, 2.05) is 0 Å². The van der Waals surface area contributed by atoms with E-state index >= 15 is 0 Å². The number of rotatable bonds is 5. The van der Waals surface area contributed by atoms with Crippen molar-refractivity contribution in [1.82, 2.24) is 19.8 Å². The Labute approximate surface area is 161 Å². The molecule has 140 valence electrons. The van der Waals surface area contributed by atoms with Crippen molar-refractivity contribution < 1.29 is 4.39 Å². The Morgan fingerprint density at radius 1 is 1.16 bits per heavy atom. The maximum Gasteiger partial charge on any atom is 0.123 e. The van der Waals surface area contributed by atoms with Crippen molar-refractivity contribution in [1.29, 1.82) is 0 Å².